The van der Waals surface area contributed by atoms with E-state index in [-0.39, 0.29) is 6.61 Å². The van der Waals surface area contributed by atoms with E-state index in [0.717, 1.165) is 0 Å². The highest BCUT2D eigenvalue weighted by atomic mass is 16.6. The van der Waals surface area contributed by atoms with Crippen molar-refractivity contribution in [3.05, 3.63) is 30.3 Å². The molecule has 6 nitrogen and oxygen atoms in total. The number of hydrogen-bond acceptors (Lipinski definition) is 4. The normalized spacial score (nSPS) is 18.8. The predicted molar refractivity (Wildman–Crippen MR) is 54.0 cm³/mol. The SMILES string of the molecule is O=C1N[C@@H](C(=O)N(O)c2ccccc2)CO1. The van der Waals surface area contributed by atoms with Gasteiger partial charge in [0.15, 0.2) is 0 Å². The first-order chi connectivity index (χ1) is 7.68. The Balaban J connectivity index is 2.08. The second-order valence-electron chi connectivity index (χ2n) is 3.28. The summed E-state index contributed by atoms with van der Waals surface area (Å²) in [6.45, 7) is -0.0679. The van der Waals surface area contributed by atoms with Crippen molar-refractivity contribution in [1.29, 1.82) is 0 Å². The zero-order valence-electron chi connectivity index (χ0n) is 8.29. The summed E-state index contributed by atoms with van der Waals surface area (Å²) < 4.78 is 4.56. The quantitative estimate of drug-likeness (QED) is 0.564. The molecule has 0 spiro atoms. The van der Waals surface area contributed by atoms with E-state index in [1.807, 2.05) is 0 Å². The third-order valence-electron chi connectivity index (χ3n) is 2.18. The Morgan fingerprint density at radius 2 is 2.12 bits per heavy atom. The highest BCUT2D eigenvalue weighted by Crippen LogP contribution is 2.13. The summed E-state index contributed by atoms with van der Waals surface area (Å²) in [5.41, 5.74) is 0.341. The molecule has 1 aliphatic heterocycles. The van der Waals surface area contributed by atoms with Gasteiger partial charge >= 0.3 is 6.09 Å². The average Bonchev–Trinajstić information content (AvgIpc) is 2.75. The highest BCUT2D eigenvalue weighted by Gasteiger charge is 2.32. The van der Waals surface area contributed by atoms with Crippen LogP contribution in [0.4, 0.5) is 10.5 Å². The number of nitrogens with one attached hydrogen (secondary N) is 1. The number of carbonyl (C=O) groups is 2. The van der Waals surface area contributed by atoms with Crippen LogP contribution in [0.25, 0.3) is 0 Å². The number of nitrogens with zero attached hydrogens (tertiary/aromatic N) is 1. The van der Waals surface area contributed by atoms with Crippen LogP contribution in [0.15, 0.2) is 30.3 Å². The van der Waals surface area contributed by atoms with Crippen molar-refractivity contribution in [2.45, 2.75) is 6.04 Å². The summed E-state index contributed by atoms with van der Waals surface area (Å²) in [5.74, 6) is -0.628. The first-order valence-electron chi connectivity index (χ1n) is 4.69. The van der Waals surface area contributed by atoms with E-state index in [4.69, 9.17) is 0 Å². The van der Waals surface area contributed by atoms with Crippen molar-refractivity contribution >= 4 is 17.7 Å². The fraction of sp³-hybridized carbons (Fsp3) is 0.200. The molecule has 2 amide bonds. The molecule has 0 bridgehead atoms. The average molecular weight is 222 g/mol. The zero-order chi connectivity index (χ0) is 11.5. The Hall–Kier alpha value is -2.08. The lowest BCUT2D eigenvalue weighted by molar-refractivity contribution is -0.125. The van der Waals surface area contributed by atoms with Gasteiger partial charge in [0.05, 0.1) is 5.69 Å². The monoisotopic (exact) mass is 222 g/mol. The summed E-state index contributed by atoms with van der Waals surface area (Å²) >= 11 is 0. The second kappa shape index (κ2) is 4.19. The van der Waals surface area contributed by atoms with Crippen molar-refractivity contribution in [2.24, 2.45) is 0 Å². The Kier molecular flexibility index (Phi) is 2.74. The fourth-order valence-corrected chi connectivity index (χ4v) is 1.36. The van der Waals surface area contributed by atoms with Crippen LogP contribution in [0.5, 0.6) is 0 Å². The third kappa shape index (κ3) is 1.96. The molecule has 0 aromatic heterocycles. The van der Waals surface area contributed by atoms with Crippen LogP contribution in [0.2, 0.25) is 0 Å². The van der Waals surface area contributed by atoms with Crippen LogP contribution >= 0.6 is 0 Å². The molecule has 1 atom stereocenters. The number of ether oxygens (including phenoxy) is 1. The molecule has 84 valence electrons. The van der Waals surface area contributed by atoms with Crippen molar-refractivity contribution in [1.82, 2.24) is 5.32 Å². The van der Waals surface area contributed by atoms with Crippen LogP contribution in [0, 0.1) is 0 Å². The maximum atomic E-state index is 11.7. The largest absolute Gasteiger partial charge is 0.447 e. The van der Waals surface area contributed by atoms with Gasteiger partial charge in [-0.25, -0.2) is 4.79 Å². The summed E-state index contributed by atoms with van der Waals surface area (Å²) in [6, 6.07) is 7.47. The molecule has 1 heterocycles. The topological polar surface area (TPSA) is 78.9 Å². The number of alkyl carbamates (subject to hydrolysis) is 1. The zero-order valence-corrected chi connectivity index (χ0v) is 8.29. The molecule has 1 aromatic rings. The van der Waals surface area contributed by atoms with E-state index in [1.165, 1.54) is 0 Å². The van der Waals surface area contributed by atoms with Gasteiger partial charge in [-0.2, -0.15) is 5.06 Å². The van der Waals surface area contributed by atoms with Crippen molar-refractivity contribution in [3.8, 4) is 0 Å². The molecule has 2 rings (SSSR count). The van der Waals surface area contributed by atoms with Crippen LogP contribution in [-0.2, 0) is 9.53 Å². The van der Waals surface area contributed by atoms with Crippen molar-refractivity contribution in [3.63, 3.8) is 0 Å². The molecule has 1 aliphatic rings. The minimum Gasteiger partial charge on any atom is -0.447 e. The number of rotatable bonds is 2. The van der Waals surface area contributed by atoms with Crippen LogP contribution in [-0.4, -0.2) is 29.9 Å². The number of benzene rings is 1. The lowest BCUT2D eigenvalue weighted by Crippen LogP contribution is -2.44. The molecule has 0 unspecified atom stereocenters. The Bertz CT molecular complexity index is 407. The molecule has 0 aliphatic carbocycles. The van der Waals surface area contributed by atoms with Gasteiger partial charge in [-0.1, -0.05) is 18.2 Å². The van der Waals surface area contributed by atoms with Gasteiger partial charge in [-0.05, 0) is 12.1 Å². The number of hydrogen-bond donors (Lipinski definition) is 2. The molecule has 1 aromatic carbocycles. The summed E-state index contributed by atoms with van der Waals surface area (Å²) in [6.07, 6.45) is -0.653. The Morgan fingerprint density at radius 3 is 2.69 bits per heavy atom. The number of carbonyl (C=O) groups excluding carboxylic acids is 2. The Morgan fingerprint density at radius 1 is 1.44 bits per heavy atom. The number of cyclic esters (lactones) is 1. The second-order valence-corrected chi connectivity index (χ2v) is 3.28. The van der Waals surface area contributed by atoms with Gasteiger partial charge in [-0.3, -0.25) is 10.0 Å². The summed E-state index contributed by atoms with van der Waals surface area (Å²) in [5, 5.41) is 12.4. The minimum absolute atomic E-state index is 0.0679. The van der Waals surface area contributed by atoms with Crippen molar-refractivity contribution in [2.75, 3.05) is 11.7 Å². The van der Waals surface area contributed by atoms with Gasteiger partial charge < -0.3 is 10.1 Å². The fourth-order valence-electron chi connectivity index (χ4n) is 1.36. The maximum Gasteiger partial charge on any atom is 0.407 e. The molecule has 1 saturated heterocycles. The molecule has 1 fully saturated rings. The van der Waals surface area contributed by atoms with E-state index in [1.54, 1.807) is 30.3 Å². The van der Waals surface area contributed by atoms with Gasteiger partial charge in [0.2, 0.25) is 0 Å². The smallest absolute Gasteiger partial charge is 0.407 e. The molecule has 0 radical (unpaired) electrons. The van der Waals surface area contributed by atoms with Gasteiger partial charge in [0.1, 0.15) is 12.6 Å². The van der Waals surface area contributed by atoms with E-state index >= 15 is 0 Å². The third-order valence-corrected chi connectivity index (χ3v) is 2.18. The molecular formula is C10H10N2O4. The molecule has 2 N–H and O–H groups in total. The number of para-hydroxylation sites is 1. The van der Waals surface area contributed by atoms with Gasteiger partial charge in [0, 0.05) is 0 Å². The standard InChI is InChI=1S/C10H10N2O4/c13-9(8-6-16-10(14)11-8)12(15)7-4-2-1-3-5-7/h1-5,8,15H,6H2,(H,11,14)/t8-/m1/s1. The Labute approximate surface area is 91.4 Å². The van der Waals surface area contributed by atoms with Crippen LogP contribution in [0.3, 0.4) is 0 Å². The van der Waals surface area contributed by atoms with E-state index in [0.29, 0.717) is 10.8 Å². The highest BCUT2D eigenvalue weighted by molar-refractivity contribution is 5.97. The number of amides is 2. The van der Waals surface area contributed by atoms with E-state index in [2.05, 4.69) is 10.1 Å². The minimum atomic E-state index is -0.835. The lowest BCUT2D eigenvalue weighted by Gasteiger charge is -2.17. The molecule has 0 saturated carbocycles. The number of anilines is 1. The van der Waals surface area contributed by atoms with Gasteiger partial charge in [-0.15, -0.1) is 0 Å². The maximum absolute atomic E-state index is 11.7. The van der Waals surface area contributed by atoms with E-state index in [9.17, 15) is 14.8 Å². The molecular weight excluding hydrogens is 212 g/mol. The summed E-state index contributed by atoms with van der Waals surface area (Å²) in [7, 11) is 0. The van der Waals surface area contributed by atoms with Crippen LogP contribution in [0.1, 0.15) is 0 Å². The van der Waals surface area contributed by atoms with Crippen LogP contribution < -0.4 is 10.4 Å². The summed E-state index contributed by atoms with van der Waals surface area (Å²) in [4.78, 5) is 22.4. The number of hydroxylamine groups is 1. The van der Waals surface area contributed by atoms with E-state index < -0.39 is 18.0 Å². The molecule has 16 heavy (non-hydrogen) atoms. The lowest BCUT2D eigenvalue weighted by atomic mass is 10.2. The first-order valence-corrected chi connectivity index (χ1v) is 4.69. The van der Waals surface area contributed by atoms with Gasteiger partial charge in [0.25, 0.3) is 5.91 Å². The predicted octanol–water partition coefficient (Wildman–Crippen LogP) is 0.517. The van der Waals surface area contributed by atoms with Crippen molar-refractivity contribution < 1.29 is 19.5 Å². The molecule has 6 heteroatoms. The first kappa shape index (κ1) is 10.4.